The normalized spacial score (nSPS) is 48.2. The van der Waals surface area contributed by atoms with Crippen molar-refractivity contribution < 1.29 is 69.0 Å². The van der Waals surface area contributed by atoms with Crippen LogP contribution in [0.15, 0.2) is 0 Å². The Morgan fingerprint density at radius 2 is 1.27 bits per heavy atom. The van der Waals surface area contributed by atoms with E-state index in [9.17, 15) is 40.5 Å². The second-order valence-corrected chi connectivity index (χ2v) is 12.5. The molecule has 3 heterocycles. The Balaban J connectivity index is 1.46. The van der Waals surface area contributed by atoms with Crippen molar-refractivity contribution in [3.05, 3.63) is 0 Å². The monoisotopic (exact) mass is 694 g/mol. The third kappa shape index (κ3) is 8.43. The molecular weight excluding hydrogens is 644 g/mol. The van der Waals surface area contributed by atoms with Gasteiger partial charge >= 0.3 is 0 Å². The van der Waals surface area contributed by atoms with Crippen LogP contribution < -0.4 is 34.0 Å². The van der Waals surface area contributed by atoms with E-state index in [0.717, 1.165) is 0 Å². The number of terminal acetylenes is 1. The summed E-state index contributed by atoms with van der Waals surface area (Å²) in [6.07, 6.45) is -15.4. The molecule has 0 bridgehead atoms. The summed E-state index contributed by atoms with van der Waals surface area (Å²) in [4.78, 5) is 12.0. The molecule has 20 nitrogen and oxygen atoms in total. The van der Waals surface area contributed by atoms with E-state index >= 15 is 0 Å². The molecule has 3 aliphatic heterocycles. The largest absolute Gasteiger partial charge is 0.394 e. The zero-order valence-corrected chi connectivity index (χ0v) is 26.2. The van der Waals surface area contributed by atoms with Crippen molar-refractivity contribution in [3.8, 4) is 12.3 Å². The minimum absolute atomic E-state index is 0.0314. The van der Waals surface area contributed by atoms with Crippen LogP contribution in [-0.4, -0.2) is 178 Å². The molecule has 8 unspecified atom stereocenters. The molecule has 19 atom stereocenters. The van der Waals surface area contributed by atoms with Gasteiger partial charge in [-0.2, -0.15) is 0 Å². The number of carbonyl (C=O) groups excluding carboxylic acids is 1. The van der Waals surface area contributed by atoms with Gasteiger partial charge in [0.05, 0.1) is 24.8 Å². The third-order valence-electron chi connectivity index (χ3n) is 9.14. The predicted molar refractivity (Wildman–Crippen MR) is 160 cm³/mol. The van der Waals surface area contributed by atoms with Gasteiger partial charge in [0.2, 0.25) is 5.91 Å². The molecule has 1 saturated carbocycles. The quantitative estimate of drug-likeness (QED) is 0.0843. The molecule has 3 saturated heterocycles. The fraction of sp³-hybridized carbons (Fsp3) is 0.893. The van der Waals surface area contributed by atoms with E-state index in [1.807, 2.05) is 0 Å². The molecular formula is C28H50N6O14. The second kappa shape index (κ2) is 17.0. The Labute approximate surface area is 276 Å². The van der Waals surface area contributed by atoms with Gasteiger partial charge < -0.3 is 98.2 Å². The number of hydrogen-bond acceptors (Lipinski definition) is 19. The summed E-state index contributed by atoms with van der Waals surface area (Å²) < 4.78 is 35.0. The number of ether oxygens (including phenoxy) is 6. The molecule has 1 amide bonds. The molecule has 4 rings (SSSR count). The predicted octanol–water partition coefficient (Wildman–Crippen LogP) is -8.32. The molecule has 0 aromatic rings. The Morgan fingerprint density at radius 3 is 1.85 bits per heavy atom. The molecule has 0 aromatic heterocycles. The molecule has 0 aromatic carbocycles. The minimum Gasteiger partial charge on any atom is -0.394 e. The molecule has 1 aliphatic carbocycles. The van der Waals surface area contributed by atoms with Crippen LogP contribution in [0.2, 0.25) is 0 Å². The van der Waals surface area contributed by atoms with E-state index in [1.54, 1.807) is 0 Å². The van der Waals surface area contributed by atoms with Crippen LogP contribution in [0.5, 0.6) is 0 Å². The summed E-state index contributed by atoms with van der Waals surface area (Å²) in [7, 11) is 0. The van der Waals surface area contributed by atoms with E-state index < -0.39 is 129 Å². The van der Waals surface area contributed by atoms with E-state index in [0.29, 0.717) is 0 Å². The standard InChI is InChI=1S/C28H50N6O14/c1-2-3-4-14(36)34-7-12-19(39)21(41)16(33)27(44-12)47-24-13(8-35)45-28(22(24)42)48-25-17(37)9(30)5-10(31)23(25)46-26-15(32)20(40)18(38)11(6-29)43-26/h1,9-13,15-28,35,37-42H,3-8,29-33H2,(H,34,36)/t9-,10?,11?,12?,13-,15+,16?,17?,18-,19-,20?,21?,22+,23-,24+,25?,26-,27-,28+/m1/s1. The summed E-state index contributed by atoms with van der Waals surface area (Å²) in [5.41, 5.74) is 30.2. The Kier molecular flexibility index (Phi) is 13.9. The fourth-order valence-electron chi connectivity index (χ4n) is 6.21. The number of carbonyl (C=O) groups is 1. The van der Waals surface area contributed by atoms with Crippen molar-refractivity contribution in [1.29, 1.82) is 0 Å². The van der Waals surface area contributed by atoms with Crippen LogP contribution in [-0.2, 0) is 33.2 Å². The van der Waals surface area contributed by atoms with Gasteiger partial charge in [0, 0.05) is 38.0 Å². The number of hydrogen-bond donors (Lipinski definition) is 13. The first kappa shape index (κ1) is 39.1. The van der Waals surface area contributed by atoms with Gasteiger partial charge in [-0.15, -0.1) is 12.3 Å². The van der Waals surface area contributed by atoms with Crippen molar-refractivity contribution >= 4 is 5.91 Å². The van der Waals surface area contributed by atoms with Gasteiger partial charge in [0.15, 0.2) is 18.9 Å². The Bertz CT molecular complexity index is 1090. The summed E-state index contributed by atoms with van der Waals surface area (Å²) in [6.45, 7) is -1.10. The van der Waals surface area contributed by atoms with Crippen LogP contribution in [0.25, 0.3) is 0 Å². The van der Waals surface area contributed by atoms with Crippen molar-refractivity contribution in [2.24, 2.45) is 28.7 Å². The van der Waals surface area contributed by atoms with Gasteiger partial charge in [-0.05, 0) is 6.42 Å². The Hall–Kier alpha value is -1.69. The van der Waals surface area contributed by atoms with Crippen LogP contribution in [0.1, 0.15) is 19.3 Å². The highest BCUT2D eigenvalue weighted by molar-refractivity contribution is 5.76. The summed E-state index contributed by atoms with van der Waals surface area (Å²) in [5.74, 6) is 1.92. The van der Waals surface area contributed by atoms with Crippen molar-refractivity contribution in [1.82, 2.24) is 5.32 Å². The topological polar surface area (TPSA) is 356 Å². The number of aliphatic hydroxyl groups is 7. The molecule has 18 N–H and O–H groups in total. The first-order valence-corrected chi connectivity index (χ1v) is 15.8. The number of nitrogens with one attached hydrogen (secondary N) is 1. The van der Waals surface area contributed by atoms with Crippen LogP contribution in [0, 0.1) is 12.3 Å². The molecule has 20 heteroatoms. The van der Waals surface area contributed by atoms with Gasteiger partial charge in [0.25, 0.3) is 0 Å². The first-order chi connectivity index (χ1) is 22.7. The van der Waals surface area contributed by atoms with Crippen LogP contribution in [0.3, 0.4) is 0 Å². The van der Waals surface area contributed by atoms with Gasteiger partial charge in [-0.3, -0.25) is 4.79 Å². The average molecular weight is 695 g/mol. The maximum Gasteiger partial charge on any atom is 0.221 e. The zero-order valence-electron chi connectivity index (χ0n) is 26.2. The number of rotatable bonds is 12. The van der Waals surface area contributed by atoms with E-state index in [1.165, 1.54) is 0 Å². The lowest BCUT2D eigenvalue weighted by Gasteiger charge is -2.47. The van der Waals surface area contributed by atoms with Crippen molar-refractivity contribution in [2.45, 2.75) is 136 Å². The van der Waals surface area contributed by atoms with Crippen LogP contribution >= 0.6 is 0 Å². The lowest BCUT2D eigenvalue weighted by atomic mass is 9.84. The maximum atomic E-state index is 12.0. The van der Waals surface area contributed by atoms with Crippen molar-refractivity contribution in [3.63, 3.8) is 0 Å². The molecule has 4 aliphatic rings. The van der Waals surface area contributed by atoms with Gasteiger partial charge in [-0.25, -0.2) is 0 Å². The van der Waals surface area contributed by atoms with Crippen LogP contribution in [0.4, 0.5) is 0 Å². The van der Waals surface area contributed by atoms with E-state index in [2.05, 4.69) is 11.2 Å². The number of aliphatic hydroxyl groups excluding tert-OH is 7. The van der Waals surface area contributed by atoms with Gasteiger partial charge in [-0.1, -0.05) is 0 Å². The Morgan fingerprint density at radius 1 is 0.729 bits per heavy atom. The number of amides is 1. The summed E-state index contributed by atoms with van der Waals surface area (Å²) in [6, 6.07) is -4.37. The fourth-order valence-corrected chi connectivity index (χ4v) is 6.21. The zero-order chi connectivity index (χ0) is 35.4. The van der Waals surface area contributed by atoms with E-state index in [-0.39, 0.29) is 32.4 Å². The summed E-state index contributed by atoms with van der Waals surface area (Å²) in [5, 5.41) is 76.7. The molecule has 0 spiro atoms. The smallest absolute Gasteiger partial charge is 0.221 e. The minimum atomic E-state index is -1.67. The molecule has 48 heavy (non-hydrogen) atoms. The van der Waals surface area contributed by atoms with Crippen molar-refractivity contribution in [2.75, 3.05) is 19.7 Å². The highest BCUT2D eigenvalue weighted by atomic mass is 16.8. The number of nitrogens with two attached hydrogens (primary N) is 5. The maximum absolute atomic E-state index is 12.0. The second-order valence-electron chi connectivity index (χ2n) is 12.5. The molecule has 4 fully saturated rings. The highest BCUT2D eigenvalue weighted by Gasteiger charge is 2.54. The summed E-state index contributed by atoms with van der Waals surface area (Å²) >= 11 is 0. The molecule has 276 valence electrons. The molecule has 0 radical (unpaired) electrons. The SMILES string of the molecule is C#CCCC(=O)NCC1O[C@H](O[C@@H]2[C@H](O)[C@H](OC3C(O)[C@H](N)CC(N)[C@H]3O[C@H]3OC(CN)[C@@H](O)C(O)[C@@H]3N)O[C@@H]2CO)C(N)C(O)[C@@H]1O. The van der Waals surface area contributed by atoms with E-state index in [4.69, 9.17) is 63.5 Å². The lowest BCUT2D eigenvalue weighted by molar-refractivity contribution is -0.306. The van der Waals surface area contributed by atoms with Gasteiger partial charge in [0.1, 0.15) is 67.1 Å². The average Bonchev–Trinajstić information content (AvgIpc) is 3.36. The highest BCUT2D eigenvalue weighted by Crippen LogP contribution is 2.34. The third-order valence-corrected chi connectivity index (χ3v) is 9.14. The lowest BCUT2D eigenvalue weighted by Crippen LogP contribution is -2.68. The first-order valence-electron chi connectivity index (χ1n) is 15.8.